The number of fused-ring (bicyclic) bond motifs is 1. The van der Waals surface area contributed by atoms with Gasteiger partial charge in [0.2, 0.25) is 0 Å². The first-order chi connectivity index (χ1) is 12.1. The molecule has 1 aromatic carbocycles. The summed E-state index contributed by atoms with van der Waals surface area (Å²) in [6.07, 6.45) is 0.109. The molecule has 5 heteroatoms. The fourth-order valence-corrected chi connectivity index (χ4v) is 4.05. The molecular formula is C20H25N3O2. The number of benzene rings is 1. The van der Waals surface area contributed by atoms with Gasteiger partial charge in [0.25, 0.3) is 5.91 Å². The molecule has 1 aromatic heterocycles. The molecule has 2 saturated heterocycles. The Labute approximate surface area is 148 Å². The molecular weight excluding hydrogens is 314 g/mol. The van der Waals surface area contributed by atoms with Crippen molar-refractivity contribution in [3.8, 4) is 0 Å². The van der Waals surface area contributed by atoms with Crippen LogP contribution in [0.15, 0.2) is 36.4 Å². The summed E-state index contributed by atoms with van der Waals surface area (Å²) in [6.45, 7) is 7.93. The predicted octanol–water partition coefficient (Wildman–Crippen LogP) is 2.36. The van der Waals surface area contributed by atoms with Crippen LogP contribution < -0.4 is 0 Å². The standard InChI is InChI=1S/C20H25N3O2/c1-14-10-15(2)21-19(14)20(24)23-12-17-18(13-23)25-9-8-22(17)11-16-6-4-3-5-7-16/h3-7,10,17-18,21H,8-9,11-13H2,1-2H3/t17-,18+/m1/s1. The lowest BCUT2D eigenvalue weighted by molar-refractivity contribution is -0.0503. The Balaban J connectivity index is 1.49. The van der Waals surface area contributed by atoms with E-state index < -0.39 is 0 Å². The smallest absolute Gasteiger partial charge is 0.270 e. The summed E-state index contributed by atoms with van der Waals surface area (Å²) in [5.74, 6) is 0.0864. The van der Waals surface area contributed by atoms with Gasteiger partial charge in [-0.05, 0) is 31.0 Å². The zero-order chi connectivity index (χ0) is 17.4. The van der Waals surface area contributed by atoms with E-state index in [9.17, 15) is 4.79 Å². The molecule has 0 bridgehead atoms. The number of hydrogen-bond acceptors (Lipinski definition) is 3. The number of aryl methyl sites for hydroxylation is 2. The Kier molecular flexibility index (Phi) is 4.36. The highest BCUT2D eigenvalue weighted by molar-refractivity contribution is 5.94. The first-order valence-corrected chi connectivity index (χ1v) is 8.97. The van der Waals surface area contributed by atoms with Gasteiger partial charge in [0.15, 0.2) is 0 Å². The number of nitrogens with one attached hydrogen (secondary N) is 1. The van der Waals surface area contributed by atoms with Gasteiger partial charge in [-0.15, -0.1) is 0 Å². The zero-order valence-electron chi connectivity index (χ0n) is 14.9. The molecule has 5 nitrogen and oxygen atoms in total. The minimum absolute atomic E-state index is 0.0864. The Morgan fingerprint density at radius 2 is 2.04 bits per heavy atom. The third-order valence-corrected chi connectivity index (χ3v) is 5.30. The van der Waals surface area contributed by atoms with E-state index in [1.807, 2.05) is 30.9 Å². The van der Waals surface area contributed by atoms with Crippen molar-refractivity contribution in [1.82, 2.24) is 14.8 Å². The van der Waals surface area contributed by atoms with Crippen molar-refractivity contribution >= 4 is 5.91 Å². The van der Waals surface area contributed by atoms with Gasteiger partial charge in [-0.3, -0.25) is 9.69 Å². The summed E-state index contributed by atoms with van der Waals surface area (Å²) in [4.78, 5) is 20.5. The second kappa shape index (κ2) is 6.65. The number of nitrogens with zero attached hydrogens (tertiary/aromatic N) is 2. The Bertz CT molecular complexity index is 756. The molecule has 132 valence electrons. The highest BCUT2D eigenvalue weighted by Gasteiger charge is 2.42. The lowest BCUT2D eigenvalue weighted by Crippen LogP contribution is -2.50. The first kappa shape index (κ1) is 16.4. The second-order valence-corrected chi connectivity index (χ2v) is 7.15. The second-order valence-electron chi connectivity index (χ2n) is 7.15. The fourth-order valence-electron chi connectivity index (χ4n) is 4.05. The van der Waals surface area contributed by atoms with E-state index in [0.29, 0.717) is 12.2 Å². The SMILES string of the molecule is Cc1cc(C)c(C(=O)N2C[C@@H]3OCCN(Cc4ccccc4)[C@@H]3C2)[nH]1. The maximum Gasteiger partial charge on any atom is 0.270 e. The van der Waals surface area contributed by atoms with Crippen LogP contribution in [0.5, 0.6) is 0 Å². The Morgan fingerprint density at radius 1 is 1.24 bits per heavy atom. The third kappa shape index (κ3) is 3.22. The predicted molar refractivity (Wildman–Crippen MR) is 96.6 cm³/mol. The number of rotatable bonds is 3. The molecule has 0 spiro atoms. The van der Waals surface area contributed by atoms with Crippen molar-refractivity contribution in [2.45, 2.75) is 32.5 Å². The van der Waals surface area contributed by atoms with E-state index in [1.165, 1.54) is 5.56 Å². The number of carbonyl (C=O) groups excluding carboxylic acids is 1. The van der Waals surface area contributed by atoms with Crippen LogP contribution in [0.25, 0.3) is 0 Å². The molecule has 0 unspecified atom stereocenters. The van der Waals surface area contributed by atoms with Gasteiger partial charge >= 0.3 is 0 Å². The monoisotopic (exact) mass is 339 g/mol. The Morgan fingerprint density at radius 3 is 2.76 bits per heavy atom. The molecule has 2 fully saturated rings. The quantitative estimate of drug-likeness (QED) is 0.934. The molecule has 2 aliphatic heterocycles. The Hall–Kier alpha value is -2.11. The topological polar surface area (TPSA) is 48.6 Å². The van der Waals surface area contributed by atoms with Gasteiger partial charge in [-0.25, -0.2) is 0 Å². The van der Waals surface area contributed by atoms with Gasteiger partial charge in [0.1, 0.15) is 5.69 Å². The van der Waals surface area contributed by atoms with E-state index in [0.717, 1.165) is 37.5 Å². The van der Waals surface area contributed by atoms with Crippen molar-refractivity contribution in [3.05, 3.63) is 58.9 Å². The van der Waals surface area contributed by atoms with Crippen molar-refractivity contribution < 1.29 is 9.53 Å². The van der Waals surface area contributed by atoms with Crippen LogP contribution in [0.2, 0.25) is 0 Å². The molecule has 1 N–H and O–H groups in total. The number of aromatic nitrogens is 1. The highest BCUT2D eigenvalue weighted by atomic mass is 16.5. The minimum atomic E-state index is 0.0864. The molecule has 25 heavy (non-hydrogen) atoms. The third-order valence-electron chi connectivity index (χ3n) is 5.30. The molecule has 2 aliphatic rings. The van der Waals surface area contributed by atoms with Gasteiger partial charge in [0, 0.05) is 31.9 Å². The van der Waals surface area contributed by atoms with Gasteiger partial charge in [0.05, 0.1) is 18.8 Å². The number of carbonyl (C=O) groups is 1. The van der Waals surface area contributed by atoms with Crippen LogP contribution in [0, 0.1) is 13.8 Å². The molecule has 1 amide bonds. The van der Waals surface area contributed by atoms with E-state index in [4.69, 9.17) is 4.74 Å². The molecule has 3 heterocycles. The summed E-state index contributed by atoms with van der Waals surface area (Å²) in [5, 5.41) is 0. The average Bonchev–Trinajstić information content (AvgIpc) is 3.19. The van der Waals surface area contributed by atoms with E-state index in [2.05, 4.69) is 34.1 Å². The van der Waals surface area contributed by atoms with Crippen molar-refractivity contribution in [2.75, 3.05) is 26.2 Å². The van der Waals surface area contributed by atoms with Crippen LogP contribution >= 0.6 is 0 Å². The van der Waals surface area contributed by atoms with Crippen LogP contribution in [0.4, 0.5) is 0 Å². The van der Waals surface area contributed by atoms with Crippen molar-refractivity contribution in [1.29, 1.82) is 0 Å². The largest absolute Gasteiger partial charge is 0.373 e. The molecule has 0 saturated carbocycles. The maximum absolute atomic E-state index is 12.9. The molecule has 4 rings (SSSR count). The maximum atomic E-state index is 12.9. The number of amides is 1. The molecule has 2 aromatic rings. The summed E-state index contributed by atoms with van der Waals surface area (Å²) in [6, 6.07) is 12.8. The normalized spacial score (nSPS) is 23.7. The molecule has 0 aliphatic carbocycles. The summed E-state index contributed by atoms with van der Waals surface area (Å²) in [5.41, 5.74) is 4.06. The van der Waals surface area contributed by atoms with E-state index >= 15 is 0 Å². The van der Waals surface area contributed by atoms with Crippen molar-refractivity contribution in [3.63, 3.8) is 0 Å². The first-order valence-electron chi connectivity index (χ1n) is 8.97. The summed E-state index contributed by atoms with van der Waals surface area (Å²) >= 11 is 0. The lowest BCUT2D eigenvalue weighted by atomic mass is 10.1. The van der Waals surface area contributed by atoms with Crippen LogP contribution in [0.3, 0.4) is 0 Å². The number of morpholine rings is 1. The summed E-state index contributed by atoms with van der Waals surface area (Å²) < 4.78 is 5.98. The molecule has 0 radical (unpaired) electrons. The average molecular weight is 339 g/mol. The number of hydrogen-bond donors (Lipinski definition) is 1. The molecule has 2 atom stereocenters. The van der Waals surface area contributed by atoms with Gasteiger partial charge < -0.3 is 14.6 Å². The van der Waals surface area contributed by atoms with E-state index in [1.54, 1.807) is 0 Å². The van der Waals surface area contributed by atoms with E-state index in [-0.39, 0.29) is 18.1 Å². The number of aromatic amines is 1. The zero-order valence-corrected chi connectivity index (χ0v) is 14.9. The fraction of sp³-hybridized carbons (Fsp3) is 0.450. The number of ether oxygens (including phenoxy) is 1. The number of H-pyrrole nitrogens is 1. The van der Waals surface area contributed by atoms with Gasteiger partial charge in [-0.2, -0.15) is 0 Å². The summed E-state index contributed by atoms with van der Waals surface area (Å²) in [7, 11) is 0. The minimum Gasteiger partial charge on any atom is -0.373 e. The van der Waals surface area contributed by atoms with Gasteiger partial charge in [-0.1, -0.05) is 30.3 Å². The van der Waals surface area contributed by atoms with Crippen molar-refractivity contribution in [2.24, 2.45) is 0 Å². The number of likely N-dealkylation sites (tertiary alicyclic amines) is 1. The van der Waals surface area contributed by atoms with Crippen LogP contribution in [0.1, 0.15) is 27.3 Å². The lowest BCUT2D eigenvalue weighted by Gasteiger charge is -2.36. The van der Waals surface area contributed by atoms with Crippen LogP contribution in [-0.2, 0) is 11.3 Å². The highest BCUT2D eigenvalue weighted by Crippen LogP contribution is 2.26. The van der Waals surface area contributed by atoms with Crippen LogP contribution in [-0.4, -0.2) is 59.1 Å².